The highest BCUT2D eigenvalue weighted by Gasteiger charge is 2.26. The number of nitrogens with two attached hydrogens (primary N) is 1. The molecule has 1 aromatic heterocycles. The Morgan fingerprint density at radius 2 is 2.00 bits per heavy atom. The van der Waals surface area contributed by atoms with Crippen LogP contribution in [-0.2, 0) is 6.42 Å². The minimum atomic E-state index is 0.557. The third kappa shape index (κ3) is 2.53. The molecule has 4 heteroatoms. The summed E-state index contributed by atoms with van der Waals surface area (Å²) in [5, 5.41) is 0. The standard InChI is InChI=1S/C16H26N4/c1-11-3-4-14-10-18-16(19-15(14)12(11)2)20-7-5-13(9-17)6-8-20/h10-13H,3-9,17H2,1-2H3. The maximum atomic E-state index is 5.76. The number of nitrogens with zero attached hydrogens (tertiary/aromatic N) is 3. The van der Waals surface area contributed by atoms with E-state index in [1.165, 1.54) is 30.5 Å². The van der Waals surface area contributed by atoms with Crippen LogP contribution >= 0.6 is 0 Å². The number of aromatic nitrogens is 2. The first-order valence-corrected chi connectivity index (χ1v) is 8.00. The van der Waals surface area contributed by atoms with Gasteiger partial charge in [-0.05, 0) is 49.6 Å². The maximum absolute atomic E-state index is 5.76. The van der Waals surface area contributed by atoms with E-state index in [2.05, 4.69) is 29.9 Å². The van der Waals surface area contributed by atoms with Gasteiger partial charge in [-0.1, -0.05) is 13.8 Å². The zero-order valence-electron chi connectivity index (χ0n) is 12.7. The highest BCUT2D eigenvalue weighted by Crippen LogP contribution is 2.35. The van der Waals surface area contributed by atoms with E-state index in [4.69, 9.17) is 10.7 Å². The number of anilines is 1. The second kappa shape index (κ2) is 5.68. The molecular formula is C16H26N4. The minimum Gasteiger partial charge on any atom is -0.341 e. The van der Waals surface area contributed by atoms with E-state index < -0.39 is 0 Å². The molecule has 2 N–H and O–H groups in total. The molecule has 0 aromatic carbocycles. The number of hydrogen-bond donors (Lipinski definition) is 1. The Labute approximate surface area is 121 Å². The van der Waals surface area contributed by atoms with Gasteiger partial charge in [-0.2, -0.15) is 0 Å². The number of aryl methyl sites for hydroxylation is 1. The van der Waals surface area contributed by atoms with Crippen molar-refractivity contribution in [2.24, 2.45) is 17.6 Å². The second-order valence-corrected chi connectivity index (χ2v) is 6.55. The second-order valence-electron chi connectivity index (χ2n) is 6.55. The van der Waals surface area contributed by atoms with Gasteiger partial charge in [0.25, 0.3) is 0 Å². The third-order valence-electron chi connectivity index (χ3n) is 5.27. The summed E-state index contributed by atoms with van der Waals surface area (Å²) in [4.78, 5) is 11.8. The Morgan fingerprint density at radius 3 is 2.70 bits per heavy atom. The molecule has 0 saturated carbocycles. The molecule has 1 saturated heterocycles. The van der Waals surface area contributed by atoms with Gasteiger partial charge in [0.1, 0.15) is 0 Å². The molecule has 2 aliphatic rings. The highest BCUT2D eigenvalue weighted by atomic mass is 15.3. The molecule has 2 atom stereocenters. The fourth-order valence-electron chi connectivity index (χ4n) is 3.42. The van der Waals surface area contributed by atoms with Gasteiger partial charge in [-0.25, -0.2) is 9.97 Å². The molecule has 2 unspecified atom stereocenters. The van der Waals surface area contributed by atoms with Crippen LogP contribution in [0.15, 0.2) is 6.20 Å². The zero-order chi connectivity index (χ0) is 14.1. The summed E-state index contributed by atoms with van der Waals surface area (Å²) in [6, 6.07) is 0. The van der Waals surface area contributed by atoms with E-state index in [-0.39, 0.29) is 0 Å². The van der Waals surface area contributed by atoms with Crippen LogP contribution in [0.4, 0.5) is 5.95 Å². The first-order chi connectivity index (χ1) is 9.69. The van der Waals surface area contributed by atoms with Crippen molar-refractivity contribution in [1.82, 2.24) is 9.97 Å². The molecular weight excluding hydrogens is 248 g/mol. The van der Waals surface area contributed by atoms with Crippen molar-refractivity contribution in [3.63, 3.8) is 0 Å². The van der Waals surface area contributed by atoms with Crippen LogP contribution in [0.2, 0.25) is 0 Å². The van der Waals surface area contributed by atoms with Crippen molar-refractivity contribution in [2.75, 3.05) is 24.5 Å². The van der Waals surface area contributed by atoms with Gasteiger partial charge in [0, 0.05) is 25.2 Å². The molecule has 0 amide bonds. The Hall–Kier alpha value is -1.16. The summed E-state index contributed by atoms with van der Waals surface area (Å²) in [6.45, 7) is 7.55. The molecule has 1 aliphatic carbocycles. The lowest BCUT2D eigenvalue weighted by Gasteiger charge is -2.33. The number of hydrogen-bond acceptors (Lipinski definition) is 4. The lowest BCUT2D eigenvalue weighted by molar-refractivity contribution is 0.403. The fourth-order valence-corrected chi connectivity index (χ4v) is 3.42. The molecule has 0 radical (unpaired) electrons. The predicted molar refractivity (Wildman–Crippen MR) is 81.9 cm³/mol. The largest absolute Gasteiger partial charge is 0.341 e. The quantitative estimate of drug-likeness (QED) is 0.899. The molecule has 1 aliphatic heterocycles. The van der Waals surface area contributed by atoms with Crippen LogP contribution in [0.25, 0.3) is 0 Å². The molecule has 3 rings (SSSR count). The average molecular weight is 274 g/mol. The molecule has 4 nitrogen and oxygen atoms in total. The van der Waals surface area contributed by atoms with E-state index in [1.807, 2.05) is 0 Å². The summed E-state index contributed by atoms with van der Waals surface area (Å²) < 4.78 is 0. The van der Waals surface area contributed by atoms with Crippen molar-refractivity contribution < 1.29 is 0 Å². The molecule has 1 fully saturated rings. The van der Waals surface area contributed by atoms with Crippen molar-refractivity contribution >= 4 is 5.95 Å². The molecule has 110 valence electrons. The lowest BCUT2D eigenvalue weighted by Crippen LogP contribution is -2.37. The van der Waals surface area contributed by atoms with Gasteiger partial charge < -0.3 is 10.6 Å². The van der Waals surface area contributed by atoms with Gasteiger partial charge in [0.05, 0.1) is 5.69 Å². The van der Waals surface area contributed by atoms with Crippen LogP contribution in [0.1, 0.15) is 50.3 Å². The highest BCUT2D eigenvalue weighted by molar-refractivity contribution is 5.36. The minimum absolute atomic E-state index is 0.557. The SMILES string of the molecule is CC1CCc2cnc(N3CCC(CN)CC3)nc2C1C. The number of rotatable bonds is 2. The summed E-state index contributed by atoms with van der Waals surface area (Å²) in [7, 11) is 0. The maximum Gasteiger partial charge on any atom is 0.225 e. The van der Waals surface area contributed by atoms with Crippen molar-refractivity contribution in [3.05, 3.63) is 17.5 Å². The van der Waals surface area contributed by atoms with Gasteiger partial charge in [0.15, 0.2) is 0 Å². The molecule has 2 heterocycles. The summed E-state index contributed by atoms with van der Waals surface area (Å²) in [5.41, 5.74) is 8.41. The van der Waals surface area contributed by atoms with Crippen LogP contribution in [0, 0.1) is 11.8 Å². The molecule has 0 spiro atoms. The van der Waals surface area contributed by atoms with Crippen LogP contribution in [0.5, 0.6) is 0 Å². The van der Waals surface area contributed by atoms with Crippen molar-refractivity contribution in [1.29, 1.82) is 0 Å². The van der Waals surface area contributed by atoms with E-state index in [9.17, 15) is 0 Å². The van der Waals surface area contributed by atoms with Crippen molar-refractivity contribution in [2.45, 2.75) is 45.4 Å². The van der Waals surface area contributed by atoms with E-state index in [1.54, 1.807) is 0 Å². The Morgan fingerprint density at radius 1 is 1.25 bits per heavy atom. The van der Waals surface area contributed by atoms with Gasteiger partial charge in [0.2, 0.25) is 5.95 Å². The topological polar surface area (TPSA) is 55.0 Å². The first kappa shape index (κ1) is 13.8. The molecule has 1 aromatic rings. The summed E-state index contributed by atoms with van der Waals surface area (Å²) >= 11 is 0. The fraction of sp³-hybridized carbons (Fsp3) is 0.750. The normalized spacial score (nSPS) is 27.4. The number of piperidine rings is 1. The molecule has 0 bridgehead atoms. The smallest absolute Gasteiger partial charge is 0.225 e. The van der Waals surface area contributed by atoms with E-state index in [0.717, 1.165) is 37.9 Å². The van der Waals surface area contributed by atoms with Gasteiger partial charge >= 0.3 is 0 Å². The third-order valence-corrected chi connectivity index (χ3v) is 5.27. The summed E-state index contributed by atoms with van der Waals surface area (Å²) in [5.74, 6) is 2.90. The first-order valence-electron chi connectivity index (χ1n) is 8.00. The Bertz CT molecular complexity index is 466. The monoisotopic (exact) mass is 274 g/mol. The number of fused-ring (bicyclic) bond motifs is 1. The molecule has 20 heavy (non-hydrogen) atoms. The Balaban J connectivity index is 1.79. The predicted octanol–water partition coefficient (Wildman–Crippen LogP) is 2.34. The average Bonchev–Trinajstić information content (AvgIpc) is 2.51. The van der Waals surface area contributed by atoms with Crippen LogP contribution < -0.4 is 10.6 Å². The Kier molecular flexibility index (Phi) is 3.92. The lowest BCUT2D eigenvalue weighted by atomic mass is 9.80. The van der Waals surface area contributed by atoms with Gasteiger partial charge in [-0.3, -0.25) is 0 Å². The van der Waals surface area contributed by atoms with Crippen LogP contribution in [-0.4, -0.2) is 29.6 Å². The van der Waals surface area contributed by atoms with Crippen LogP contribution in [0.3, 0.4) is 0 Å². The van der Waals surface area contributed by atoms with E-state index in [0.29, 0.717) is 11.8 Å². The van der Waals surface area contributed by atoms with E-state index >= 15 is 0 Å². The van der Waals surface area contributed by atoms with Gasteiger partial charge in [-0.15, -0.1) is 0 Å². The summed E-state index contributed by atoms with van der Waals surface area (Å²) in [6.07, 6.45) is 6.80. The van der Waals surface area contributed by atoms with Crippen molar-refractivity contribution in [3.8, 4) is 0 Å². The zero-order valence-corrected chi connectivity index (χ0v) is 12.7.